The normalized spacial score (nSPS) is 19.4. The minimum atomic E-state index is -0.840. The average Bonchev–Trinajstić information content (AvgIpc) is 2.39. The number of alkyl halides is 1. The molecule has 1 aliphatic heterocycles. The number of hydrogen-bond donors (Lipinski definition) is 1. The molecule has 0 radical (unpaired) electrons. The first-order valence-electron chi connectivity index (χ1n) is 5.80. The molecule has 1 aliphatic rings. The molecule has 3 heteroatoms. The van der Waals surface area contributed by atoms with Gasteiger partial charge in [-0.25, -0.2) is 4.39 Å². The molecule has 1 aromatic carbocycles. The molecule has 1 atom stereocenters. The highest BCUT2D eigenvalue weighted by Crippen LogP contribution is 2.32. The number of nitrogens with one attached hydrogen (secondary N) is 1. The fraction of sp³-hybridized carbons (Fsp3) is 0.538. The smallest absolute Gasteiger partial charge is 0.128 e. The summed E-state index contributed by atoms with van der Waals surface area (Å²) in [4.78, 5) is 0. The van der Waals surface area contributed by atoms with E-state index in [4.69, 9.17) is 4.74 Å². The molecule has 0 amide bonds. The fourth-order valence-corrected chi connectivity index (χ4v) is 2.20. The Morgan fingerprint density at radius 3 is 2.44 bits per heavy atom. The monoisotopic (exact) mass is 223 g/mol. The summed E-state index contributed by atoms with van der Waals surface area (Å²) in [6.45, 7) is 1.86. The van der Waals surface area contributed by atoms with Gasteiger partial charge in [-0.3, -0.25) is 0 Å². The maximum absolute atomic E-state index is 14.2. The Kier molecular flexibility index (Phi) is 3.78. The van der Waals surface area contributed by atoms with Gasteiger partial charge in [0.15, 0.2) is 0 Å². The summed E-state index contributed by atoms with van der Waals surface area (Å²) < 4.78 is 19.2. The van der Waals surface area contributed by atoms with E-state index in [-0.39, 0.29) is 5.92 Å². The quantitative estimate of drug-likeness (QED) is 0.850. The minimum Gasteiger partial charge on any atom is -0.497 e. The van der Waals surface area contributed by atoms with Crippen molar-refractivity contribution in [2.75, 3.05) is 20.2 Å². The molecule has 2 nitrogen and oxygen atoms in total. The molecule has 1 saturated heterocycles. The van der Waals surface area contributed by atoms with Crippen LogP contribution in [0, 0.1) is 5.92 Å². The lowest BCUT2D eigenvalue weighted by Crippen LogP contribution is -2.29. The van der Waals surface area contributed by atoms with Crippen LogP contribution in [0.1, 0.15) is 24.6 Å². The van der Waals surface area contributed by atoms with E-state index in [1.165, 1.54) is 0 Å². The number of benzene rings is 1. The van der Waals surface area contributed by atoms with E-state index in [0.717, 1.165) is 37.2 Å². The number of rotatable bonds is 3. The van der Waals surface area contributed by atoms with Crippen LogP contribution in [0.2, 0.25) is 0 Å². The van der Waals surface area contributed by atoms with Crippen LogP contribution in [0.25, 0.3) is 0 Å². The van der Waals surface area contributed by atoms with Crippen molar-refractivity contribution in [1.82, 2.24) is 5.32 Å². The van der Waals surface area contributed by atoms with Gasteiger partial charge in [0.05, 0.1) is 7.11 Å². The molecule has 1 heterocycles. The highest BCUT2D eigenvalue weighted by atomic mass is 19.1. The lowest BCUT2D eigenvalue weighted by molar-refractivity contribution is 0.190. The third-order valence-corrected chi connectivity index (χ3v) is 3.23. The Labute approximate surface area is 95.8 Å². The Bertz CT molecular complexity index is 319. The molecule has 1 N–H and O–H groups in total. The summed E-state index contributed by atoms with van der Waals surface area (Å²) in [6, 6.07) is 7.29. The molecule has 1 unspecified atom stereocenters. The summed E-state index contributed by atoms with van der Waals surface area (Å²) in [6.07, 6.45) is 1.01. The predicted molar refractivity (Wildman–Crippen MR) is 62.4 cm³/mol. The molecular formula is C13H18FNO. The second-order valence-corrected chi connectivity index (χ2v) is 4.26. The van der Waals surface area contributed by atoms with Gasteiger partial charge in [-0.2, -0.15) is 0 Å². The van der Waals surface area contributed by atoms with Gasteiger partial charge in [0.1, 0.15) is 11.9 Å². The van der Waals surface area contributed by atoms with Crippen LogP contribution in [0.15, 0.2) is 24.3 Å². The zero-order valence-electron chi connectivity index (χ0n) is 9.58. The van der Waals surface area contributed by atoms with Crippen molar-refractivity contribution in [2.45, 2.75) is 19.0 Å². The lowest BCUT2D eigenvalue weighted by Gasteiger charge is -2.26. The van der Waals surface area contributed by atoms with Crippen molar-refractivity contribution in [2.24, 2.45) is 5.92 Å². The van der Waals surface area contributed by atoms with E-state index in [1.807, 2.05) is 24.3 Å². The van der Waals surface area contributed by atoms with Crippen LogP contribution in [0.4, 0.5) is 4.39 Å². The van der Waals surface area contributed by atoms with Crippen LogP contribution in [-0.4, -0.2) is 20.2 Å². The van der Waals surface area contributed by atoms with Crippen molar-refractivity contribution >= 4 is 0 Å². The molecule has 0 spiro atoms. The second kappa shape index (κ2) is 5.30. The van der Waals surface area contributed by atoms with Gasteiger partial charge >= 0.3 is 0 Å². The highest BCUT2D eigenvalue weighted by molar-refractivity contribution is 5.28. The van der Waals surface area contributed by atoms with Gasteiger partial charge < -0.3 is 10.1 Å². The summed E-state index contributed by atoms with van der Waals surface area (Å²) >= 11 is 0. The molecule has 88 valence electrons. The molecule has 0 saturated carbocycles. The minimum absolute atomic E-state index is 0.162. The fourth-order valence-electron chi connectivity index (χ4n) is 2.20. The van der Waals surface area contributed by atoms with E-state index in [2.05, 4.69) is 5.32 Å². The number of hydrogen-bond acceptors (Lipinski definition) is 2. The van der Waals surface area contributed by atoms with Crippen molar-refractivity contribution in [3.63, 3.8) is 0 Å². The van der Waals surface area contributed by atoms with E-state index < -0.39 is 6.17 Å². The van der Waals surface area contributed by atoms with Gasteiger partial charge in [-0.05, 0) is 49.5 Å². The Morgan fingerprint density at radius 2 is 1.88 bits per heavy atom. The van der Waals surface area contributed by atoms with Gasteiger partial charge in [0, 0.05) is 0 Å². The maximum Gasteiger partial charge on any atom is 0.128 e. The summed E-state index contributed by atoms with van der Waals surface area (Å²) in [7, 11) is 1.62. The molecule has 0 aromatic heterocycles. The summed E-state index contributed by atoms with van der Waals surface area (Å²) in [5, 5.41) is 3.25. The highest BCUT2D eigenvalue weighted by Gasteiger charge is 2.24. The van der Waals surface area contributed by atoms with Gasteiger partial charge in [0.2, 0.25) is 0 Å². The van der Waals surface area contributed by atoms with Gasteiger partial charge in [-0.1, -0.05) is 12.1 Å². The topological polar surface area (TPSA) is 21.3 Å². The van der Waals surface area contributed by atoms with Gasteiger partial charge in [0.25, 0.3) is 0 Å². The Balaban J connectivity index is 2.04. The predicted octanol–water partition coefficient (Wildman–Crippen LogP) is 2.71. The molecule has 1 fully saturated rings. The van der Waals surface area contributed by atoms with E-state index in [1.54, 1.807) is 7.11 Å². The number of ether oxygens (including phenoxy) is 1. The van der Waals surface area contributed by atoms with Crippen LogP contribution < -0.4 is 10.1 Å². The third kappa shape index (κ3) is 2.53. The first-order chi connectivity index (χ1) is 7.81. The summed E-state index contributed by atoms with van der Waals surface area (Å²) in [5.41, 5.74) is 0.771. The van der Waals surface area contributed by atoms with Crippen molar-refractivity contribution in [3.05, 3.63) is 29.8 Å². The number of piperidine rings is 1. The molecule has 0 bridgehead atoms. The first kappa shape index (κ1) is 11.4. The molecule has 1 aromatic rings. The molecule has 0 aliphatic carbocycles. The van der Waals surface area contributed by atoms with Crippen molar-refractivity contribution in [3.8, 4) is 5.75 Å². The lowest BCUT2D eigenvalue weighted by atomic mass is 9.89. The maximum atomic E-state index is 14.2. The zero-order valence-corrected chi connectivity index (χ0v) is 9.58. The standard InChI is InChI=1S/C13H18FNO/c1-16-12-4-2-10(3-5-12)13(14)11-6-8-15-9-7-11/h2-5,11,13,15H,6-9H2,1H3. The number of halogens is 1. The first-order valence-corrected chi connectivity index (χ1v) is 5.80. The molecule has 2 rings (SSSR count). The zero-order chi connectivity index (χ0) is 11.4. The van der Waals surface area contributed by atoms with Crippen molar-refractivity contribution < 1.29 is 9.13 Å². The van der Waals surface area contributed by atoms with Gasteiger partial charge in [-0.15, -0.1) is 0 Å². The van der Waals surface area contributed by atoms with Crippen LogP contribution in [-0.2, 0) is 0 Å². The van der Waals surface area contributed by atoms with E-state index >= 15 is 0 Å². The third-order valence-electron chi connectivity index (χ3n) is 3.23. The van der Waals surface area contributed by atoms with E-state index in [9.17, 15) is 4.39 Å². The second-order valence-electron chi connectivity index (χ2n) is 4.26. The van der Waals surface area contributed by atoms with Crippen LogP contribution in [0.3, 0.4) is 0 Å². The number of methoxy groups -OCH3 is 1. The Morgan fingerprint density at radius 1 is 1.25 bits per heavy atom. The van der Waals surface area contributed by atoms with Crippen LogP contribution >= 0.6 is 0 Å². The molecule has 16 heavy (non-hydrogen) atoms. The SMILES string of the molecule is COc1ccc(C(F)C2CCNCC2)cc1. The van der Waals surface area contributed by atoms with E-state index in [0.29, 0.717) is 0 Å². The summed E-state index contributed by atoms with van der Waals surface area (Å²) in [5.74, 6) is 0.941. The molecular weight excluding hydrogens is 205 g/mol. The Hall–Kier alpha value is -1.09. The van der Waals surface area contributed by atoms with Crippen molar-refractivity contribution in [1.29, 1.82) is 0 Å². The van der Waals surface area contributed by atoms with Crippen LogP contribution in [0.5, 0.6) is 5.75 Å². The largest absolute Gasteiger partial charge is 0.497 e. The average molecular weight is 223 g/mol.